The maximum absolute atomic E-state index is 12.2. The molecule has 1 saturated heterocycles. The zero-order valence-corrected chi connectivity index (χ0v) is 11.7. The minimum atomic E-state index is -0.0202. The summed E-state index contributed by atoms with van der Waals surface area (Å²) in [5.41, 5.74) is 1.57. The fraction of sp³-hybridized carbons (Fsp3) is 0.467. The third-order valence-corrected chi connectivity index (χ3v) is 3.81. The van der Waals surface area contributed by atoms with Crippen LogP contribution in [0, 0.1) is 0 Å². The predicted octanol–water partition coefficient (Wildman–Crippen LogP) is 1.78. The lowest BCUT2D eigenvalue weighted by molar-refractivity contribution is 0.0932. The first-order chi connectivity index (χ1) is 9.72. The summed E-state index contributed by atoms with van der Waals surface area (Å²) >= 11 is 0. The van der Waals surface area contributed by atoms with Crippen LogP contribution in [0.3, 0.4) is 0 Å². The van der Waals surface area contributed by atoms with Crippen molar-refractivity contribution in [3.8, 4) is 0 Å². The summed E-state index contributed by atoms with van der Waals surface area (Å²) in [6.07, 6.45) is 4.31. The highest BCUT2D eigenvalue weighted by molar-refractivity contribution is 5.97. The topological polar surface area (TPSA) is 61.0 Å². The van der Waals surface area contributed by atoms with E-state index in [0.717, 1.165) is 30.5 Å². The van der Waals surface area contributed by atoms with Gasteiger partial charge in [0.25, 0.3) is 5.91 Å². The molecule has 5 heteroatoms. The number of carbonyl (C=O) groups is 1. The van der Waals surface area contributed by atoms with Crippen LogP contribution in [0.25, 0.3) is 10.9 Å². The maximum atomic E-state index is 12.2. The van der Waals surface area contributed by atoms with Gasteiger partial charge in [0.1, 0.15) is 0 Å². The molecular formula is C15H20N4O. The van der Waals surface area contributed by atoms with E-state index < -0.39 is 0 Å². The van der Waals surface area contributed by atoms with Crippen LogP contribution in [0.4, 0.5) is 0 Å². The number of rotatable bonds is 4. The van der Waals surface area contributed by atoms with Crippen molar-refractivity contribution >= 4 is 16.8 Å². The second-order valence-electron chi connectivity index (χ2n) is 5.55. The third-order valence-electron chi connectivity index (χ3n) is 3.81. The molecule has 0 saturated carbocycles. The Morgan fingerprint density at radius 3 is 3.05 bits per heavy atom. The quantitative estimate of drug-likeness (QED) is 0.892. The predicted molar refractivity (Wildman–Crippen MR) is 78.7 cm³/mol. The van der Waals surface area contributed by atoms with Gasteiger partial charge in [0.05, 0.1) is 11.7 Å². The lowest BCUT2D eigenvalue weighted by Gasteiger charge is -2.21. The van der Waals surface area contributed by atoms with Gasteiger partial charge in [-0.05, 0) is 45.0 Å². The normalized spacial score (nSPS) is 17.4. The van der Waals surface area contributed by atoms with E-state index in [9.17, 15) is 4.79 Å². The largest absolute Gasteiger partial charge is 0.348 e. The van der Waals surface area contributed by atoms with E-state index in [4.69, 9.17) is 0 Å². The third kappa shape index (κ3) is 2.82. The van der Waals surface area contributed by atoms with Crippen molar-refractivity contribution in [3.05, 3.63) is 30.0 Å². The molecule has 0 aliphatic carbocycles. The van der Waals surface area contributed by atoms with E-state index in [1.54, 1.807) is 6.20 Å². The number of H-pyrrole nitrogens is 1. The van der Waals surface area contributed by atoms with Gasteiger partial charge in [-0.1, -0.05) is 6.07 Å². The number of aromatic nitrogens is 2. The lowest BCUT2D eigenvalue weighted by atomic mass is 10.1. The second-order valence-corrected chi connectivity index (χ2v) is 5.55. The number of benzene rings is 1. The first kappa shape index (κ1) is 13.1. The Morgan fingerprint density at radius 2 is 2.25 bits per heavy atom. The van der Waals surface area contributed by atoms with Crippen molar-refractivity contribution < 1.29 is 4.79 Å². The Kier molecular flexibility index (Phi) is 3.69. The van der Waals surface area contributed by atoms with Gasteiger partial charge in [0.2, 0.25) is 0 Å². The molecule has 106 valence electrons. The van der Waals surface area contributed by atoms with E-state index >= 15 is 0 Å². The highest BCUT2D eigenvalue weighted by atomic mass is 16.1. The van der Waals surface area contributed by atoms with Gasteiger partial charge in [-0.25, -0.2) is 0 Å². The van der Waals surface area contributed by atoms with Crippen LogP contribution in [-0.4, -0.2) is 46.7 Å². The molecule has 0 bridgehead atoms. The number of fused-ring (bicyclic) bond motifs is 1. The van der Waals surface area contributed by atoms with Crippen molar-refractivity contribution in [2.45, 2.75) is 25.8 Å². The van der Waals surface area contributed by atoms with Crippen LogP contribution in [0.2, 0.25) is 0 Å². The van der Waals surface area contributed by atoms with E-state index in [2.05, 4.69) is 27.3 Å². The first-order valence-electron chi connectivity index (χ1n) is 7.19. The monoisotopic (exact) mass is 272 g/mol. The summed E-state index contributed by atoms with van der Waals surface area (Å²) in [6, 6.07) is 5.77. The van der Waals surface area contributed by atoms with E-state index in [1.165, 1.54) is 12.8 Å². The van der Waals surface area contributed by atoms with Gasteiger partial charge >= 0.3 is 0 Å². The molecule has 0 spiro atoms. The van der Waals surface area contributed by atoms with Gasteiger partial charge in [-0.3, -0.25) is 9.89 Å². The van der Waals surface area contributed by atoms with Crippen LogP contribution in [0.15, 0.2) is 24.4 Å². The number of nitrogens with one attached hydrogen (secondary N) is 2. The number of carbonyl (C=O) groups excluding carboxylic acids is 1. The number of hydrogen-bond donors (Lipinski definition) is 2. The molecule has 0 radical (unpaired) electrons. The van der Waals surface area contributed by atoms with Gasteiger partial charge in [-0.15, -0.1) is 0 Å². The molecule has 1 aromatic carbocycles. The summed E-state index contributed by atoms with van der Waals surface area (Å²) in [7, 11) is 0. The molecular weight excluding hydrogens is 252 g/mol. The SMILES string of the molecule is CC(CN1CCCC1)NC(=O)c1ccc2cn[nH]c2c1. The minimum absolute atomic E-state index is 0.0202. The molecule has 1 aromatic heterocycles. The average Bonchev–Trinajstić information content (AvgIpc) is 3.07. The number of hydrogen-bond acceptors (Lipinski definition) is 3. The minimum Gasteiger partial charge on any atom is -0.348 e. The molecule has 5 nitrogen and oxygen atoms in total. The number of likely N-dealkylation sites (tertiary alicyclic amines) is 1. The van der Waals surface area contributed by atoms with Gasteiger partial charge in [0, 0.05) is 23.5 Å². The molecule has 1 amide bonds. The molecule has 2 aromatic rings. The Morgan fingerprint density at radius 1 is 1.45 bits per heavy atom. The fourth-order valence-corrected chi connectivity index (χ4v) is 2.78. The molecule has 1 unspecified atom stereocenters. The van der Waals surface area contributed by atoms with Crippen molar-refractivity contribution in [2.75, 3.05) is 19.6 Å². The Hall–Kier alpha value is -1.88. The molecule has 2 N–H and O–H groups in total. The molecule has 1 aliphatic heterocycles. The standard InChI is InChI=1S/C15H20N4O/c1-11(10-19-6-2-3-7-19)17-15(20)12-4-5-13-9-16-18-14(13)8-12/h4-5,8-9,11H,2-3,6-7,10H2,1H3,(H,16,18)(H,17,20). The molecule has 1 atom stereocenters. The maximum Gasteiger partial charge on any atom is 0.251 e. The Labute approximate surface area is 118 Å². The number of aromatic amines is 1. The van der Waals surface area contributed by atoms with Gasteiger partial charge < -0.3 is 10.2 Å². The molecule has 20 heavy (non-hydrogen) atoms. The summed E-state index contributed by atoms with van der Waals surface area (Å²) in [6.45, 7) is 5.30. The fourth-order valence-electron chi connectivity index (χ4n) is 2.78. The van der Waals surface area contributed by atoms with Crippen LogP contribution in [0.5, 0.6) is 0 Å². The highest BCUT2D eigenvalue weighted by Gasteiger charge is 2.16. The summed E-state index contributed by atoms with van der Waals surface area (Å²) in [4.78, 5) is 14.6. The number of amides is 1. The molecule has 1 aliphatic rings. The summed E-state index contributed by atoms with van der Waals surface area (Å²) < 4.78 is 0. The molecule has 1 fully saturated rings. The van der Waals surface area contributed by atoms with Gasteiger partial charge in [-0.2, -0.15) is 5.10 Å². The van der Waals surface area contributed by atoms with Crippen LogP contribution < -0.4 is 5.32 Å². The van der Waals surface area contributed by atoms with E-state index in [-0.39, 0.29) is 11.9 Å². The zero-order chi connectivity index (χ0) is 13.9. The average molecular weight is 272 g/mol. The van der Waals surface area contributed by atoms with Crippen molar-refractivity contribution in [3.63, 3.8) is 0 Å². The zero-order valence-electron chi connectivity index (χ0n) is 11.7. The molecule has 2 heterocycles. The van der Waals surface area contributed by atoms with Gasteiger partial charge in [0.15, 0.2) is 0 Å². The van der Waals surface area contributed by atoms with Crippen molar-refractivity contribution in [1.82, 2.24) is 20.4 Å². The van der Waals surface area contributed by atoms with Crippen molar-refractivity contribution in [2.24, 2.45) is 0 Å². The second kappa shape index (κ2) is 5.63. The highest BCUT2D eigenvalue weighted by Crippen LogP contribution is 2.13. The Balaban J connectivity index is 1.62. The van der Waals surface area contributed by atoms with Crippen molar-refractivity contribution in [1.29, 1.82) is 0 Å². The Bertz CT molecular complexity index is 601. The first-order valence-corrected chi connectivity index (χ1v) is 7.19. The van der Waals surface area contributed by atoms with E-state index in [1.807, 2.05) is 18.2 Å². The lowest BCUT2D eigenvalue weighted by Crippen LogP contribution is -2.41. The number of nitrogens with zero attached hydrogens (tertiary/aromatic N) is 2. The van der Waals surface area contributed by atoms with E-state index in [0.29, 0.717) is 5.56 Å². The van der Waals surface area contributed by atoms with Crippen LogP contribution >= 0.6 is 0 Å². The summed E-state index contributed by atoms with van der Waals surface area (Å²) in [5.74, 6) is -0.0202. The molecule has 3 rings (SSSR count). The smallest absolute Gasteiger partial charge is 0.251 e. The van der Waals surface area contributed by atoms with Crippen LogP contribution in [-0.2, 0) is 0 Å². The van der Waals surface area contributed by atoms with Crippen LogP contribution in [0.1, 0.15) is 30.1 Å². The summed E-state index contributed by atoms with van der Waals surface area (Å²) in [5, 5.41) is 10.9.